The minimum absolute atomic E-state index is 0.00597. The molecule has 1 amide bonds. The summed E-state index contributed by atoms with van der Waals surface area (Å²) in [6.07, 6.45) is 0. The van der Waals surface area contributed by atoms with E-state index in [4.69, 9.17) is 10.3 Å². The molecule has 0 spiro atoms. The normalized spacial score (nSPS) is 10.3. The van der Waals surface area contributed by atoms with Crippen molar-refractivity contribution in [2.45, 2.75) is 11.9 Å². The third-order valence-electron chi connectivity index (χ3n) is 4.13. The van der Waals surface area contributed by atoms with Gasteiger partial charge in [0, 0.05) is 5.69 Å². The zero-order chi connectivity index (χ0) is 21.8. The highest BCUT2D eigenvalue weighted by Gasteiger charge is 2.31. The number of anilines is 2. The highest BCUT2D eigenvalue weighted by atomic mass is 32.2. The van der Waals surface area contributed by atoms with Crippen LogP contribution in [0, 0.1) is 29.6 Å². The standard InChI is InChI=1S/C19H15N7O3S/c1-10-3-5-11(6-4-10)23-14(27)9-30-18-13(8-21)15(12(7-20)17(22)24-18)16-19(28)29-25-26(16)2/h3-6H,9H2,1-2H3,(H3-,22,23,24,25,27,28)/p+1. The Bertz CT molecular complexity index is 1260. The first-order chi connectivity index (χ1) is 14.3. The van der Waals surface area contributed by atoms with Crippen molar-refractivity contribution in [2.75, 3.05) is 16.8 Å². The number of hydrogen-bond acceptors (Lipinski definition) is 8. The van der Waals surface area contributed by atoms with Crippen LogP contribution in [0.5, 0.6) is 0 Å². The third kappa shape index (κ3) is 4.01. The molecule has 2 aromatic heterocycles. The van der Waals surface area contributed by atoms with Crippen LogP contribution in [-0.2, 0) is 11.8 Å². The Balaban J connectivity index is 1.95. The van der Waals surface area contributed by atoms with Crippen molar-refractivity contribution < 1.29 is 14.0 Å². The summed E-state index contributed by atoms with van der Waals surface area (Å²) in [5, 5.41) is 24.4. The first-order valence-corrected chi connectivity index (χ1v) is 9.55. The molecule has 0 saturated heterocycles. The fourth-order valence-corrected chi connectivity index (χ4v) is 3.51. The number of carbonyl (C=O) groups is 1. The minimum atomic E-state index is -0.774. The Morgan fingerprint density at radius 1 is 1.30 bits per heavy atom. The Labute approximate surface area is 174 Å². The molecule has 1 aromatic carbocycles. The maximum absolute atomic E-state index is 12.3. The Hall–Kier alpha value is -4.09. The molecular formula is C19H16N7O3S+. The molecule has 0 fully saturated rings. The van der Waals surface area contributed by atoms with Crippen molar-refractivity contribution in [1.82, 2.24) is 10.3 Å². The van der Waals surface area contributed by atoms with Crippen LogP contribution in [0.25, 0.3) is 11.3 Å². The molecule has 0 saturated carbocycles. The Morgan fingerprint density at radius 3 is 2.53 bits per heavy atom. The average molecular weight is 422 g/mol. The number of carbonyl (C=O) groups excluding carboxylic acids is 1. The molecule has 10 nitrogen and oxygen atoms in total. The summed E-state index contributed by atoms with van der Waals surface area (Å²) < 4.78 is 5.97. The van der Waals surface area contributed by atoms with E-state index in [1.54, 1.807) is 12.1 Å². The van der Waals surface area contributed by atoms with Gasteiger partial charge in [-0.25, -0.2) is 9.78 Å². The lowest BCUT2D eigenvalue weighted by Crippen LogP contribution is -2.34. The van der Waals surface area contributed by atoms with Gasteiger partial charge in [-0.2, -0.15) is 10.5 Å². The van der Waals surface area contributed by atoms with Crippen molar-refractivity contribution >= 4 is 29.2 Å². The molecular weight excluding hydrogens is 406 g/mol. The van der Waals surface area contributed by atoms with Gasteiger partial charge in [-0.15, -0.1) is 0 Å². The van der Waals surface area contributed by atoms with E-state index in [2.05, 4.69) is 15.6 Å². The smallest absolute Gasteiger partial charge is 0.383 e. The lowest BCUT2D eigenvalue weighted by atomic mass is 10.0. The van der Waals surface area contributed by atoms with E-state index in [9.17, 15) is 20.1 Å². The molecule has 11 heteroatoms. The van der Waals surface area contributed by atoms with E-state index >= 15 is 0 Å². The molecule has 150 valence electrons. The molecule has 0 aliphatic heterocycles. The highest BCUT2D eigenvalue weighted by molar-refractivity contribution is 8.00. The van der Waals surface area contributed by atoms with E-state index in [0.29, 0.717) is 5.69 Å². The van der Waals surface area contributed by atoms with Crippen LogP contribution >= 0.6 is 11.8 Å². The van der Waals surface area contributed by atoms with Crippen molar-refractivity contribution in [3.05, 3.63) is 51.4 Å². The molecule has 3 aromatic rings. The van der Waals surface area contributed by atoms with Crippen molar-refractivity contribution in [2.24, 2.45) is 7.05 Å². The number of nitriles is 2. The molecule has 0 bridgehead atoms. The zero-order valence-electron chi connectivity index (χ0n) is 16.0. The van der Waals surface area contributed by atoms with E-state index in [1.165, 1.54) is 11.7 Å². The summed E-state index contributed by atoms with van der Waals surface area (Å²) in [7, 11) is 1.49. The number of amides is 1. The van der Waals surface area contributed by atoms with Gasteiger partial charge in [0.2, 0.25) is 5.91 Å². The summed E-state index contributed by atoms with van der Waals surface area (Å²) in [5.41, 5.74) is 6.61. The van der Waals surface area contributed by atoms with Crippen LogP contribution < -0.4 is 21.4 Å². The largest absolute Gasteiger partial charge is 0.435 e. The highest BCUT2D eigenvalue weighted by Crippen LogP contribution is 2.33. The van der Waals surface area contributed by atoms with Crippen LogP contribution in [0.15, 0.2) is 38.6 Å². The van der Waals surface area contributed by atoms with Crippen molar-refractivity contribution in [1.29, 1.82) is 10.5 Å². The molecule has 0 atom stereocenters. The number of nitrogens with zero attached hydrogens (tertiary/aromatic N) is 4. The summed E-state index contributed by atoms with van der Waals surface area (Å²) in [6.45, 7) is 1.94. The predicted molar refractivity (Wildman–Crippen MR) is 108 cm³/mol. The number of H-pyrrole nitrogens is 1. The minimum Gasteiger partial charge on any atom is -0.383 e. The summed E-state index contributed by atoms with van der Waals surface area (Å²) >= 11 is 0.971. The maximum Gasteiger partial charge on any atom is 0.435 e. The quantitative estimate of drug-likeness (QED) is 0.408. The molecule has 0 aliphatic rings. The summed E-state index contributed by atoms with van der Waals surface area (Å²) in [6, 6.07) is 11.1. The first-order valence-electron chi connectivity index (χ1n) is 8.56. The average Bonchev–Trinajstić information content (AvgIpc) is 3.05. The fourth-order valence-electron chi connectivity index (χ4n) is 2.72. The van der Waals surface area contributed by atoms with E-state index in [-0.39, 0.29) is 44.9 Å². The number of nitrogens with one attached hydrogen (secondary N) is 2. The molecule has 3 rings (SSSR count). The fraction of sp³-hybridized carbons (Fsp3) is 0.158. The molecule has 4 N–H and O–H groups in total. The van der Waals surface area contributed by atoms with Gasteiger partial charge in [0.15, 0.2) is 7.05 Å². The second kappa shape index (κ2) is 8.51. The van der Waals surface area contributed by atoms with E-state index in [1.807, 2.05) is 31.2 Å². The van der Waals surface area contributed by atoms with Gasteiger partial charge >= 0.3 is 11.3 Å². The molecule has 30 heavy (non-hydrogen) atoms. The molecule has 0 aliphatic carbocycles. The van der Waals surface area contributed by atoms with Gasteiger partial charge in [0.1, 0.15) is 34.1 Å². The van der Waals surface area contributed by atoms with Gasteiger partial charge in [-0.3, -0.25) is 9.32 Å². The number of aromatic nitrogens is 3. The number of aromatic amines is 1. The second-order valence-electron chi connectivity index (χ2n) is 6.24. The number of pyridine rings is 1. The SMILES string of the molecule is Cc1ccc(NC(=O)CSc2nc(N)c(C#N)c(-c3c(=O)o[nH][n+]3C)c2C#N)cc1. The number of aryl methyl sites for hydroxylation is 2. The van der Waals surface area contributed by atoms with Crippen LogP contribution in [-0.4, -0.2) is 21.9 Å². The number of benzene rings is 1. The number of rotatable bonds is 5. The molecule has 0 radical (unpaired) electrons. The maximum atomic E-state index is 12.3. The van der Waals surface area contributed by atoms with E-state index < -0.39 is 5.63 Å². The van der Waals surface area contributed by atoms with Gasteiger partial charge in [0.25, 0.3) is 0 Å². The second-order valence-corrected chi connectivity index (χ2v) is 7.21. The number of nitrogens with two attached hydrogens (primary N) is 1. The number of thioether (sulfide) groups is 1. The molecule has 0 unspecified atom stereocenters. The van der Waals surface area contributed by atoms with Crippen LogP contribution in [0.4, 0.5) is 11.5 Å². The predicted octanol–water partition coefficient (Wildman–Crippen LogP) is 1.22. The lowest BCUT2D eigenvalue weighted by molar-refractivity contribution is -0.730. The van der Waals surface area contributed by atoms with Crippen molar-refractivity contribution in [3.63, 3.8) is 0 Å². The number of hydrogen-bond donors (Lipinski definition) is 3. The van der Waals surface area contributed by atoms with Gasteiger partial charge in [-0.1, -0.05) is 34.1 Å². The topological polar surface area (TPSA) is 165 Å². The first kappa shape index (κ1) is 20.6. The Kier molecular flexibility index (Phi) is 5.85. The monoisotopic (exact) mass is 422 g/mol. The zero-order valence-corrected chi connectivity index (χ0v) is 16.8. The van der Waals surface area contributed by atoms with Gasteiger partial charge in [-0.05, 0) is 24.3 Å². The lowest BCUT2D eigenvalue weighted by Gasteiger charge is -2.10. The van der Waals surface area contributed by atoms with Crippen LogP contribution in [0.3, 0.4) is 0 Å². The third-order valence-corrected chi connectivity index (χ3v) is 5.11. The Morgan fingerprint density at radius 2 is 1.97 bits per heavy atom. The number of nitrogen functional groups attached to an aromatic ring is 1. The van der Waals surface area contributed by atoms with Gasteiger partial charge in [0.05, 0.1) is 11.3 Å². The van der Waals surface area contributed by atoms with Gasteiger partial charge < -0.3 is 11.1 Å². The van der Waals surface area contributed by atoms with Crippen LogP contribution in [0.1, 0.15) is 16.7 Å². The molecule has 2 heterocycles. The van der Waals surface area contributed by atoms with E-state index in [0.717, 1.165) is 17.3 Å². The summed E-state index contributed by atoms with van der Waals surface area (Å²) in [5.74, 6) is -0.534. The summed E-state index contributed by atoms with van der Waals surface area (Å²) in [4.78, 5) is 28.5. The van der Waals surface area contributed by atoms with Crippen molar-refractivity contribution in [3.8, 4) is 23.4 Å². The van der Waals surface area contributed by atoms with Crippen LogP contribution in [0.2, 0.25) is 0 Å².